The average molecular weight is 292 g/mol. The summed E-state index contributed by atoms with van der Waals surface area (Å²) in [6, 6.07) is 8.14. The minimum absolute atomic E-state index is 0.185. The van der Waals surface area contributed by atoms with Gasteiger partial charge in [-0.1, -0.05) is 29.8 Å². The molecule has 2 aromatic rings. The zero-order valence-electron chi connectivity index (χ0n) is 11.1. The molecule has 2 N–H and O–H groups in total. The van der Waals surface area contributed by atoms with E-state index in [1.807, 2.05) is 18.2 Å². The number of halogens is 1. The standard InChI is InChI=1S/C14H14ClN3O2/c1-8(13(19)16-2)17-14(20)12-7-10(15)9-5-3-4-6-11(9)18-12/h3-8H,1-2H3,(H,16,19)(H,17,20). The number of aromatic nitrogens is 1. The lowest BCUT2D eigenvalue weighted by atomic mass is 10.2. The van der Waals surface area contributed by atoms with E-state index in [2.05, 4.69) is 15.6 Å². The van der Waals surface area contributed by atoms with Crippen LogP contribution in [0, 0.1) is 0 Å². The number of hydrogen-bond acceptors (Lipinski definition) is 3. The van der Waals surface area contributed by atoms with E-state index >= 15 is 0 Å². The van der Waals surface area contributed by atoms with Crippen molar-refractivity contribution in [3.63, 3.8) is 0 Å². The number of nitrogens with zero attached hydrogens (tertiary/aromatic N) is 1. The van der Waals surface area contributed by atoms with Crippen LogP contribution < -0.4 is 10.6 Å². The minimum atomic E-state index is -0.639. The molecule has 20 heavy (non-hydrogen) atoms. The number of carbonyl (C=O) groups excluding carboxylic acids is 2. The molecule has 0 fully saturated rings. The number of pyridine rings is 1. The lowest BCUT2D eigenvalue weighted by molar-refractivity contribution is -0.122. The fourth-order valence-corrected chi connectivity index (χ4v) is 2.07. The Kier molecular flexibility index (Phi) is 4.20. The number of likely N-dealkylation sites (N-methyl/N-ethyl adjacent to an activating group) is 1. The molecule has 0 saturated heterocycles. The van der Waals surface area contributed by atoms with Crippen molar-refractivity contribution in [3.8, 4) is 0 Å². The van der Waals surface area contributed by atoms with Crippen LogP contribution in [0.3, 0.4) is 0 Å². The molecule has 2 rings (SSSR count). The molecule has 1 unspecified atom stereocenters. The molecule has 0 aliphatic carbocycles. The molecule has 1 atom stereocenters. The molecule has 0 saturated carbocycles. The summed E-state index contributed by atoms with van der Waals surface area (Å²) in [4.78, 5) is 27.7. The van der Waals surface area contributed by atoms with Gasteiger partial charge in [0.15, 0.2) is 0 Å². The quantitative estimate of drug-likeness (QED) is 0.905. The molecule has 0 bridgehead atoms. The topological polar surface area (TPSA) is 71.1 Å². The summed E-state index contributed by atoms with van der Waals surface area (Å²) in [7, 11) is 1.51. The molecule has 0 spiro atoms. The van der Waals surface area contributed by atoms with Gasteiger partial charge in [0.1, 0.15) is 11.7 Å². The fourth-order valence-electron chi connectivity index (χ4n) is 1.80. The SMILES string of the molecule is CNC(=O)C(C)NC(=O)c1cc(Cl)c2ccccc2n1. The van der Waals surface area contributed by atoms with Crippen LogP contribution in [-0.4, -0.2) is 29.9 Å². The van der Waals surface area contributed by atoms with Crippen LogP contribution in [0.5, 0.6) is 0 Å². The summed E-state index contributed by atoms with van der Waals surface area (Å²) in [5.74, 6) is -0.709. The summed E-state index contributed by atoms with van der Waals surface area (Å²) in [6.45, 7) is 1.60. The van der Waals surface area contributed by atoms with Crippen molar-refractivity contribution in [3.05, 3.63) is 41.0 Å². The van der Waals surface area contributed by atoms with E-state index in [1.165, 1.54) is 13.1 Å². The minimum Gasteiger partial charge on any atom is -0.357 e. The first-order valence-corrected chi connectivity index (χ1v) is 6.48. The number of benzene rings is 1. The number of rotatable bonds is 3. The fraction of sp³-hybridized carbons (Fsp3) is 0.214. The lowest BCUT2D eigenvalue weighted by Gasteiger charge is -2.12. The smallest absolute Gasteiger partial charge is 0.270 e. The van der Waals surface area contributed by atoms with Gasteiger partial charge in [0.25, 0.3) is 5.91 Å². The third-order valence-electron chi connectivity index (χ3n) is 2.89. The van der Waals surface area contributed by atoms with Crippen LogP contribution in [0.1, 0.15) is 17.4 Å². The predicted octanol–water partition coefficient (Wildman–Crippen LogP) is 1.75. The Hall–Kier alpha value is -2.14. The van der Waals surface area contributed by atoms with Crippen molar-refractivity contribution in [2.75, 3.05) is 7.05 Å². The maximum absolute atomic E-state index is 12.1. The Bertz CT molecular complexity index is 673. The Balaban J connectivity index is 2.29. The van der Waals surface area contributed by atoms with Crippen molar-refractivity contribution < 1.29 is 9.59 Å². The van der Waals surface area contributed by atoms with Crippen LogP contribution in [0.4, 0.5) is 0 Å². The summed E-state index contributed by atoms with van der Waals surface area (Å²) in [5, 5.41) is 6.26. The van der Waals surface area contributed by atoms with Gasteiger partial charge in [0.2, 0.25) is 5.91 Å². The summed E-state index contributed by atoms with van der Waals surface area (Å²) >= 11 is 6.13. The molecule has 1 aromatic carbocycles. The van der Waals surface area contributed by atoms with Crippen molar-refractivity contribution in [1.82, 2.24) is 15.6 Å². The first kappa shape index (κ1) is 14.3. The van der Waals surface area contributed by atoms with Crippen molar-refractivity contribution >= 4 is 34.3 Å². The van der Waals surface area contributed by atoms with Crippen molar-refractivity contribution in [1.29, 1.82) is 0 Å². The van der Waals surface area contributed by atoms with E-state index in [4.69, 9.17) is 11.6 Å². The van der Waals surface area contributed by atoms with Gasteiger partial charge in [0, 0.05) is 12.4 Å². The maximum atomic E-state index is 12.1. The second-order valence-corrected chi connectivity index (χ2v) is 4.72. The Morgan fingerprint density at radius 1 is 1.30 bits per heavy atom. The number of amides is 2. The Labute approximate surface area is 121 Å². The van der Waals surface area contributed by atoms with Crippen LogP contribution in [0.2, 0.25) is 5.02 Å². The number of hydrogen-bond donors (Lipinski definition) is 2. The number of carbonyl (C=O) groups is 2. The maximum Gasteiger partial charge on any atom is 0.270 e. The second-order valence-electron chi connectivity index (χ2n) is 4.32. The van der Waals surface area contributed by atoms with Crippen LogP contribution in [0.15, 0.2) is 30.3 Å². The highest BCUT2D eigenvalue weighted by atomic mass is 35.5. The molecule has 5 nitrogen and oxygen atoms in total. The zero-order chi connectivity index (χ0) is 14.7. The van der Waals surface area contributed by atoms with Gasteiger partial charge in [-0.3, -0.25) is 9.59 Å². The van der Waals surface area contributed by atoms with E-state index in [0.29, 0.717) is 10.5 Å². The molecule has 6 heteroatoms. The largest absolute Gasteiger partial charge is 0.357 e. The molecule has 0 aliphatic heterocycles. The molecule has 0 radical (unpaired) electrons. The molecule has 1 heterocycles. The van der Waals surface area contributed by atoms with E-state index < -0.39 is 11.9 Å². The monoisotopic (exact) mass is 291 g/mol. The zero-order valence-corrected chi connectivity index (χ0v) is 11.9. The van der Waals surface area contributed by atoms with E-state index in [-0.39, 0.29) is 11.6 Å². The molecular formula is C14H14ClN3O2. The van der Waals surface area contributed by atoms with E-state index in [0.717, 1.165) is 5.39 Å². The van der Waals surface area contributed by atoms with Crippen molar-refractivity contribution in [2.45, 2.75) is 13.0 Å². The summed E-state index contributed by atoms with van der Waals surface area (Å²) < 4.78 is 0. The van der Waals surface area contributed by atoms with Gasteiger partial charge in [0.05, 0.1) is 10.5 Å². The second kappa shape index (κ2) is 5.88. The first-order chi connectivity index (χ1) is 9.52. The lowest BCUT2D eigenvalue weighted by Crippen LogP contribution is -2.43. The van der Waals surface area contributed by atoms with Crippen LogP contribution in [-0.2, 0) is 4.79 Å². The summed E-state index contributed by atoms with van der Waals surface area (Å²) in [5.41, 5.74) is 0.821. The van der Waals surface area contributed by atoms with Gasteiger partial charge in [-0.25, -0.2) is 4.98 Å². The summed E-state index contributed by atoms with van der Waals surface area (Å²) in [6.07, 6.45) is 0. The molecular weight excluding hydrogens is 278 g/mol. The highest BCUT2D eigenvalue weighted by Crippen LogP contribution is 2.22. The predicted molar refractivity (Wildman–Crippen MR) is 77.7 cm³/mol. The van der Waals surface area contributed by atoms with Gasteiger partial charge < -0.3 is 10.6 Å². The van der Waals surface area contributed by atoms with Gasteiger partial charge in [-0.15, -0.1) is 0 Å². The molecule has 2 amide bonds. The van der Waals surface area contributed by atoms with Crippen molar-refractivity contribution in [2.24, 2.45) is 0 Å². The first-order valence-electron chi connectivity index (χ1n) is 6.10. The number of fused-ring (bicyclic) bond motifs is 1. The molecule has 0 aliphatic rings. The highest BCUT2D eigenvalue weighted by Gasteiger charge is 2.17. The number of para-hydroxylation sites is 1. The third kappa shape index (κ3) is 2.88. The third-order valence-corrected chi connectivity index (χ3v) is 3.20. The van der Waals surface area contributed by atoms with Gasteiger partial charge in [-0.2, -0.15) is 0 Å². The van der Waals surface area contributed by atoms with Gasteiger partial charge >= 0.3 is 0 Å². The normalized spacial score (nSPS) is 11.9. The number of nitrogens with one attached hydrogen (secondary N) is 2. The van der Waals surface area contributed by atoms with E-state index in [9.17, 15) is 9.59 Å². The van der Waals surface area contributed by atoms with Gasteiger partial charge in [-0.05, 0) is 19.1 Å². The van der Waals surface area contributed by atoms with E-state index in [1.54, 1.807) is 13.0 Å². The highest BCUT2D eigenvalue weighted by molar-refractivity contribution is 6.35. The molecule has 1 aromatic heterocycles. The average Bonchev–Trinajstić information content (AvgIpc) is 2.46. The Morgan fingerprint density at radius 2 is 2.00 bits per heavy atom. The molecule has 104 valence electrons. The van der Waals surface area contributed by atoms with Crippen LogP contribution in [0.25, 0.3) is 10.9 Å². The van der Waals surface area contributed by atoms with Crippen LogP contribution >= 0.6 is 11.6 Å². The Morgan fingerprint density at radius 3 is 2.70 bits per heavy atom.